The average molecular weight is 577 g/mol. The smallest absolute Gasteiger partial charge is 0.325 e. The van der Waals surface area contributed by atoms with E-state index in [2.05, 4.69) is 26.6 Å². The maximum atomic E-state index is 12.8. The van der Waals surface area contributed by atoms with Crippen LogP contribution in [0.15, 0.2) is 0 Å². The number of carbonyl (C=O) groups excluding carboxylic acids is 5. The van der Waals surface area contributed by atoms with E-state index in [1.54, 1.807) is 0 Å². The van der Waals surface area contributed by atoms with E-state index < -0.39 is 116 Å². The van der Waals surface area contributed by atoms with Gasteiger partial charge in [-0.1, -0.05) is 0 Å². The number of nitrogens with two attached hydrogens (primary N) is 1. The normalized spacial score (nSPS) is 15.1. The van der Waals surface area contributed by atoms with Gasteiger partial charge in [-0.3, -0.25) is 38.4 Å². The zero-order chi connectivity index (χ0) is 31.2. The van der Waals surface area contributed by atoms with E-state index in [-0.39, 0.29) is 0 Å². The van der Waals surface area contributed by atoms with Gasteiger partial charge in [-0.2, -0.15) is 0 Å². The Morgan fingerprint density at radius 2 is 0.925 bits per heavy atom. The molecule has 0 aliphatic rings. The second-order valence-electron chi connectivity index (χ2n) is 8.81. The Balaban J connectivity index is 5.50. The monoisotopic (exact) mass is 576 g/mol. The molecule has 0 saturated carbocycles. The SMILES string of the molecule is C[C@H](NC(=O)[C@H](C)NC(=O)[C@H](C)NC(=O)[C@H](CCC(=O)O)NC(=O)[C@H](CCC(=O)O)NC(=O)[C@@H](N)CO)C(=O)O. The van der Waals surface area contributed by atoms with E-state index in [1.165, 1.54) is 20.8 Å². The Morgan fingerprint density at radius 3 is 1.30 bits per heavy atom. The number of amides is 5. The third-order valence-electron chi connectivity index (χ3n) is 5.33. The summed E-state index contributed by atoms with van der Waals surface area (Å²) in [6, 6.07) is -8.23. The third-order valence-corrected chi connectivity index (χ3v) is 5.33. The fourth-order valence-electron chi connectivity index (χ4n) is 2.89. The summed E-state index contributed by atoms with van der Waals surface area (Å²) >= 11 is 0. The van der Waals surface area contributed by atoms with Gasteiger partial charge in [0.1, 0.15) is 36.3 Å². The highest BCUT2D eigenvalue weighted by Crippen LogP contribution is 2.04. The molecular weight excluding hydrogens is 540 g/mol. The van der Waals surface area contributed by atoms with Crippen molar-refractivity contribution in [1.82, 2.24) is 26.6 Å². The zero-order valence-electron chi connectivity index (χ0n) is 22.1. The lowest BCUT2D eigenvalue weighted by Gasteiger charge is -2.25. The molecule has 0 heterocycles. The molecule has 0 saturated heterocycles. The summed E-state index contributed by atoms with van der Waals surface area (Å²) in [6.45, 7) is 2.92. The van der Waals surface area contributed by atoms with Gasteiger partial charge in [0.15, 0.2) is 0 Å². The number of hydrogen-bond donors (Lipinski definition) is 10. The lowest BCUT2D eigenvalue weighted by molar-refractivity contribution is -0.142. The molecule has 0 rings (SSSR count). The molecule has 0 fully saturated rings. The second-order valence-corrected chi connectivity index (χ2v) is 8.81. The summed E-state index contributed by atoms with van der Waals surface area (Å²) < 4.78 is 0. The average Bonchev–Trinajstić information content (AvgIpc) is 2.87. The van der Waals surface area contributed by atoms with E-state index in [4.69, 9.17) is 26.2 Å². The molecule has 0 bridgehead atoms. The van der Waals surface area contributed by atoms with Gasteiger partial charge in [-0.25, -0.2) is 0 Å². The Hall–Kier alpha value is -4.32. The van der Waals surface area contributed by atoms with Gasteiger partial charge < -0.3 is 52.7 Å². The molecule has 5 amide bonds. The van der Waals surface area contributed by atoms with E-state index >= 15 is 0 Å². The van der Waals surface area contributed by atoms with Crippen LogP contribution in [0.1, 0.15) is 46.5 Å². The van der Waals surface area contributed by atoms with Crippen molar-refractivity contribution in [3.63, 3.8) is 0 Å². The van der Waals surface area contributed by atoms with Crippen LogP contribution in [0.4, 0.5) is 0 Å². The van der Waals surface area contributed by atoms with E-state index in [0.29, 0.717) is 0 Å². The van der Waals surface area contributed by atoms with Crippen molar-refractivity contribution in [2.75, 3.05) is 6.61 Å². The molecule has 18 nitrogen and oxygen atoms in total. The number of carboxylic acids is 3. The molecule has 226 valence electrons. The highest BCUT2D eigenvalue weighted by Gasteiger charge is 2.30. The van der Waals surface area contributed by atoms with Crippen LogP contribution in [0.5, 0.6) is 0 Å². The lowest BCUT2D eigenvalue weighted by atomic mass is 10.1. The van der Waals surface area contributed by atoms with Gasteiger partial charge in [-0.15, -0.1) is 0 Å². The maximum absolute atomic E-state index is 12.8. The van der Waals surface area contributed by atoms with Gasteiger partial charge in [0.05, 0.1) is 6.61 Å². The van der Waals surface area contributed by atoms with Crippen LogP contribution < -0.4 is 32.3 Å². The summed E-state index contributed by atoms with van der Waals surface area (Å²) in [5.41, 5.74) is 5.40. The number of nitrogens with one attached hydrogen (secondary N) is 5. The van der Waals surface area contributed by atoms with Crippen LogP contribution in [0, 0.1) is 0 Å². The quantitative estimate of drug-likeness (QED) is 0.0738. The Bertz CT molecular complexity index is 974. The molecule has 0 aromatic carbocycles. The van der Waals surface area contributed by atoms with Gasteiger partial charge in [0.25, 0.3) is 0 Å². The number of carboxylic acid groups (broad SMARTS) is 3. The van der Waals surface area contributed by atoms with Gasteiger partial charge in [0.2, 0.25) is 29.5 Å². The molecule has 11 N–H and O–H groups in total. The molecule has 0 radical (unpaired) electrons. The molecule has 0 aromatic rings. The van der Waals surface area contributed by atoms with Crippen molar-refractivity contribution in [3.8, 4) is 0 Å². The summed E-state index contributed by atoms with van der Waals surface area (Å²) in [5.74, 6) is -8.67. The summed E-state index contributed by atoms with van der Waals surface area (Å²) in [4.78, 5) is 95.1. The van der Waals surface area contributed by atoms with Crippen molar-refractivity contribution in [2.24, 2.45) is 5.73 Å². The van der Waals surface area contributed by atoms with Crippen molar-refractivity contribution in [1.29, 1.82) is 0 Å². The zero-order valence-corrected chi connectivity index (χ0v) is 22.1. The van der Waals surface area contributed by atoms with Crippen LogP contribution in [0.2, 0.25) is 0 Å². The maximum Gasteiger partial charge on any atom is 0.325 e. The Kier molecular flexibility index (Phi) is 15.4. The Labute approximate surface area is 228 Å². The van der Waals surface area contributed by atoms with Gasteiger partial charge in [-0.05, 0) is 33.6 Å². The van der Waals surface area contributed by atoms with E-state index in [9.17, 15) is 38.4 Å². The molecule has 0 spiro atoms. The predicted molar refractivity (Wildman–Crippen MR) is 133 cm³/mol. The first kappa shape index (κ1) is 35.7. The number of hydrogen-bond acceptors (Lipinski definition) is 10. The van der Waals surface area contributed by atoms with E-state index in [0.717, 1.165) is 0 Å². The minimum absolute atomic E-state index is 0.433. The molecular formula is C22H36N6O12. The fourth-order valence-corrected chi connectivity index (χ4v) is 2.89. The van der Waals surface area contributed by atoms with Crippen molar-refractivity contribution in [2.45, 2.75) is 82.7 Å². The first-order chi connectivity index (χ1) is 18.5. The highest BCUT2D eigenvalue weighted by molar-refractivity contribution is 5.96. The van der Waals surface area contributed by atoms with Crippen molar-refractivity contribution < 1.29 is 58.8 Å². The molecule has 18 heteroatoms. The molecule has 0 unspecified atom stereocenters. The predicted octanol–water partition coefficient (Wildman–Crippen LogP) is -4.40. The molecule has 0 aliphatic carbocycles. The molecule has 0 aliphatic heterocycles. The highest BCUT2D eigenvalue weighted by atomic mass is 16.4. The minimum atomic E-state index is -1.55. The molecule has 6 atom stereocenters. The number of aliphatic hydroxyl groups is 1. The van der Waals surface area contributed by atoms with Crippen LogP contribution >= 0.6 is 0 Å². The van der Waals surface area contributed by atoms with Crippen LogP contribution in [-0.4, -0.2) is 111 Å². The number of aliphatic hydroxyl groups excluding tert-OH is 1. The van der Waals surface area contributed by atoms with Crippen LogP contribution in [0.25, 0.3) is 0 Å². The molecule has 0 aromatic heterocycles. The largest absolute Gasteiger partial charge is 0.481 e. The summed E-state index contributed by atoms with van der Waals surface area (Å²) in [5, 5.41) is 46.9. The lowest BCUT2D eigenvalue weighted by Crippen LogP contribution is -2.58. The van der Waals surface area contributed by atoms with Crippen molar-refractivity contribution in [3.05, 3.63) is 0 Å². The number of carbonyl (C=O) groups is 8. The number of rotatable bonds is 18. The van der Waals surface area contributed by atoms with Gasteiger partial charge in [0, 0.05) is 12.8 Å². The summed E-state index contributed by atoms with van der Waals surface area (Å²) in [6.07, 6.45) is -2.06. The Morgan fingerprint density at radius 1 is 0.575 bits per heavy atom. The topological polar surface area (TPSA) is 304 Å². The van der Waals surface area contributed by atoms with Crippen molar-refractivity contribution >= 4 is 47.4 Å². The third kappa shape index (κ3) is 13.5. The fraction of sp³-hybridized carbons (Fsp3) is 0.636. The van der Waals surface area contributed by atoms with Gasteiger partial charge >= 0.3 is 17.9 Å². The molecule has 40 heavy (non-hydrogen) atoms. The first-order valence-electron chi connectivity index (χ1n) is 12.0. The van der Waals surface area contributed by atoms with Crippen LogP contribution in [0.3, 0.4) is 0 Å². The van der Waals surface area contributed by atoms with Crippen LogP contribution in [-0.2, 0) is 38.4 Å². The first-order valence-corrected chi connectivity index (χ1v) is 12.0. The minimum Gasteiger partial charge on any atom is -0.481 e. The summed E-state index contributed by atoms with van der Waals surface area (Å²) in [7, 11) is 0. The second kappa shape index (κ2) is 17.3. The standard InChI is InChI=1S/C22H36N6O12/c1-9(18(35)26-11(3)22(39)40)24-17(34)10(2)25-20(37)13(4-6-15(30)31)28-21(38)14(5-7-16(32)33)27-19(36)12(23)8-29/h9-14,29H,4-8,23H2,1-3H3,(H,24,34)(H,25,37)(H,26,35)(H,27,36)(H,28,38)(H,30,31)(H,32,33)(H,39,40)/t9-,10-,11-,12-,13-,14-/m0/s1. The van der Waals surface area contributed by atoms with E-state index in [1.807, 2.05) is 0 Å². The number of aliphatic carboxylic acids is 3.